The third-order valence-electron chi connectivity index (χ3n) is 1.45. The summed E-state index contributed by atoms with van der Waals surface area (Å²) >= 11 is 0. The summed E-state index contributed by atoms with van der Waals surface area (Å²) in [6.07, 6.45) is 7.86. The zero-order chi connectivity index (χ0) is 13.1. The Morgan fingerprint density at radius 2 is 1.76 bits per heavy atom. The average molecular weight is 238 g/mol. The lowest BCUT2D eigenvalue weighted by atomic mass is 10.2. The van der Waals surface area contributed by atoms with Crippen LogP contribution in [0.5, 0.6) is 0 Å². The summed E-state index contributed by atoms with van der Waals surface area (Å²) in [5.74, 6) is 2.42. The smallest absolute Gasteiger partial charge is 0.349 e. The van der Waals surface area contributed by atoms with E-state index < -0.39 is 24.5 Å². The Labute approximate surface area is 98.2 Å². The van der Waals surface area contributed by atoms with Crippen molar-refractivity contribution in [3.63, 3.8) is 0 Å². The Morgan fingerprint density at radius 1 is 1.18 bits per heavy atom. The molecule has 6 nitrogen and oxygen atoms in total. The largest absolute Gasteiger partial charge is 0.452 e. The lowest BCUT2D eigenvalue weighted by Gasteiger charge is -2.12. The summed E-state index contributed by atoms with van der Waals surface area (Å²) in [6.45, 7) is -0.487. The first kappa shape index (κ1) is 14.5. The fourth-order valence-corrected chi connectivity index (χ4v) is 0.792. The van der Waals surface area contributed by atoms with E-state index in [4.69, 9.17) is 12.8 Å². The molecule has 0 aromatic rings. The van der Waals surface area contributed by atoms with E-state index in [9.17, 15) is 14.4 Å². The third kappa shape index (κ3) is 6.58. The molecule has 0 aliphatic heterocycles. The maximum atomic E-state index is 11.3. The van der Waals surface area contributed by atoms with Gasteiger partial charge in [0.05, 0.1) is 6.42 Å². The molecule has 1 atom stereocenters. The molecular weight excluding hydrogens is 228 g/mol. The monoisotopic (exact) mass is 238 g/mol. The van der Waals surface area contributed by atoms with Gasteiger partial charge in [-0.1, -0.05) is 11.8 Å². The van der Waals surface area contributed by atoms with Crippen LogP contribution in [0.3, 0.4) is 0 Å². The molecule has 0 bridgehead atoms. The van der Waals surface area contributed by atoms with Gasteiger partial charge in [0.15, 0.2) is 13.2 Å². The Kier molecular flexibility index (Phi) is 7.53. The van der Waals surface area contributed by atoms with Gasteiger partial charge in [-0.05, 0) is 0 Å². The van der Waals surface area contributed by atoms with Crippen LogP contribution in [0.4, 0.5) is 0 Å². The highest BCUT2D eigenvalue weighted by molar-refractivity contribution is 5.82. The topological polar surface area (TPSA) is 78.9 Å². The average Bonchev–Trinajstić information content (AvgIpc) is 2.32. The fourth-order valence-electron chi connectivity index (χ4n) is 0.792. The van der Waals surface area contributed by atoms with Crippen molar-refractivity contribution in [2.75, 3.05) is 13.2 Å². The first-order valence-corrected chi connectivity index (χ1v) is 4.44. The number of esters is 2. The molecule has 0 heterocycles. The first-order valence-electron chi connectivity index (χ1n) is 4.44. The number of ether oxygens (including phenoxy) is 3. The highest BCUT2D eigenvalue weighted by Crippen LogP contribution is 2.02. The number of carbonyl (C=O) groups is 3. The Morgan fingerprint density at radius 3 is 2.29 bits per heavy atom. The molecule has 0 aromatic heterocycles. The Bertz CT molecular complexity index is 359. The molecule has 17 heavy (non-hydrogen) atoms. The molecule has 0 spiro atoms. The van der Waals surface area contributed by atoms with Gasteiger partial charge in [0.2, 0.25) is 6.10 Å². The van der Waals surface area contributed by atoms with Crippen molar-refractivity contribution in [1.82, 2.24) is 0 Å². The van der Waals surface area contributed by atoms with E-state index in [1.54, 1.807) is 0 Å². The highest BCUT2D eigenvalue weighted by Gasteiger charge is 2.25. The van der Waals surface area contributed by atoms with E-state index in [1.807, 2.05) is 0 Å². The van der Waals surface area contributed by atoms with Crippen LogP contribution in [0.1, 0.15) is 6.42 Å². The van der Waals surface area contributed by atoms with Gasteiger partial charge in [0, 0.05) is 0 Å². The van der Waals surface area contributed by atoms with Crippen LogP contribution in [-0.4, -0.2) is 37.7 Å². The number of terminal acetylenes is 2. The van der Waals surface area contributed by atoms with Crippen molar-refractivity contribution >= 4 is 18.4 Å². The maximum absolute atomic E-state index is 11.3. The van der Waals surface area contributed by atoms with Crippen LogP contribution in [0.25, 0.3) is 0 Å². The minimum atomic E-state index is -1.38. The lowest BCUT2D eigenvalue weighted by molar-refractivity contribution is -0.165. The van der Waals surface area contributed by atoms with Gasteiger partial charge in [-0.3, -0.25) is 9.59 Å². The fraction of sp³-hybridized carbons (Fsp3) is 0.364. The standard InChI is InChI=1S/C11H10O6/c1-3-5-15-10(13)7-9(17-8-12)11(14)16-6-4-2/h1-2,8-9H,5-7H2. The number of hydrogen-bond donors (Lipinski definition) is 0. The van der Waals surface area contributed by atoms with E-state index in [0.29, 0.717) is 0 Å². The summed E-state index contributed by atoms with van der Waals surface area (Å²) in [6, 6.07) is 0. The normalized spacial score (nSPS) is 10.2. The van der Waals surface area contributed by atoms with E-state index in [-0.39, 0.29) is 19.7 Å². The van der Waals surface area contributed by atoms with Crippen molar-refractivity contribution in [2.24, 2.45) is 0 Å². The minimum absolute atomic E-state index is 0.0241. The second-order valence-electron chi connectivity index (χ2n) is 2.60. The Hall–Kier alpha value is -2.47. The third-order valence-corrected chi connectivity index (χ3v) is 1.45. The predicted molar refractivity (Wildman–Crippen MR) is 55.1 cm³/mol. The Balaban J connectivity index is 4.28. The van der Waals surface area contributed by atoms with Crippen LogP contribution in [0.15, 0.2) is 0 Å². The molecule has 6 heteroatoms. The SMILES string of the molecule is C#CCOC(=O)CC(OC=O)C(=O)OCC#C. The number of carbonyl (C=O) groups excluding carboxylic acids is 3. The van der Waals surface area contributed by atoms with Crippen molar-refractivity contribution in [1.29, 1.82) is 0 Å². The summed E-state index contributed by atoms with van der Waals surface area (Å²) in [5, 5.41) is 0. The molecule has 0 saturated carbocycles. The molecule has 0 saturated heterocycles. The van der Waals surface area contributed by atoms with Crippen LogP contribution in [0.2, 0.25) is 0 Å². The zero-order valence-corrected chi connectivity index (χ0v) is 8.88. The van der Waals surface area contributed by atoms with E-state index in [0.717, 1.165) is 0 Å². The van der Waals surface area contributed by atoms with E-state index in [1.165, 1.54) is 0 Å². The summed E-state index contributed by atoms with van der Waals surface area (Å²) < 4.78 is 13.4. The predicted octanol–water partition coefficient (Wildman–Crippen LogP) is -0.729. The molecule has 90 valence electrons. The minimum Gasteiger partial charge on any atom is -0.452 e. The van der Waals surface area contributed by atoms with Crippen molar-refractivity contribution in [3.05, 3.63) is 0 Å². The molecule has 0 N–H and O–H groups in total. The van der Waals surface area contributed by atoms with Crippen molar-refractivity contribution in [2.45, 2.75) is 12.5 Å². The maximum Gasteiger partial charge on any atom is 0.349 e. The van der Waals surface area contributed by atoms with E-state index >= 15 is 0 Å². The van der Waals surface area contributed by atoms with Crippen molar-refractivity contribution in [3.8, 4) is 24.7 Å². The summed E-state index contributed by atoms with van der Waals surface area (Å²) in [4.78, 5) is 32.5. The second-order valence-corrected chi connectivity index (χ2v) is 2.60. The molecule has 0 aromatic carbocycles. The molecule has 0 radical (unpaired) electrons. The number of hydrogen-bond acceptors (Lipinski definition) is 6. The van der Waals surface area contributed by atoms with Crippen LogP contribution in [-0.2, 0) is 28.6 Å². The quantitative estimate of drug-likeness (QED) is 0.252. The zero-order valence-electron chi connectivity index (χ0n) is 8.88. The molecule has 0 aliphatic rings. The molecule has 0 aliphatic carbocycles. The van der Waals surface area contributed by atoms with Crippen LogP contribution in [0, 0.1) is 24.7 Å². The van der Waals surface area contributed by atoms with E-state index in [2.05, 4.69) is 26.1 Å². The van der Waals surface area contributed by atoms with Gasteiger partial charge in [-0.25, -0.2) is 4.79 Å². The van der Waals surface area contributed by atoms with Crippen LogP contribution < -0.4 is 0 Å². The lowest BCUT2D eigenvalue weighted by Crippen LogP contribution is -2.29. The van der Waals surface area contributed by atoms with Crippen LogP contribution >= 0.6 is 0 Å². The van der Waals surface area contributed by atoms with Gasteiger partial charge in [0.1, 0.15) is 0 Å². The van der Waals surface area contributed by atoms with Gasteiger partial charge in [-0.15, -0.1) is 12.8 Å². The molecular formula is C11H10O6. The van der Waals surface area contributed by atoms with Gasteiger partial charge in [-0.2, -0.15) is 0 Å². The van der Waals surface area contributed by atoms with Gasteiger partial charge >= 0.3 is 11.9 Å². The molecule has 1 unspecified atom stereocenters. The molecule has 0 rings (SSSR count). The first-order chi connectivity index (χ1) is 8.15. The van der Waals surface area contributed by atoms with Crippen molar-refractivity contribution < 1.29 is 28.6 Å². The molecule has 0 fully saturated rings. The molecule has 0 amide bonds. The summed E-state index contributed by atoms with van der Waals surface area (Å²) in [5.41, 5.74) is 0. The second kappa shape index (κ2) is 8.81. The summed E-state index contributed by atoms with van der Waals surface area (Å²) in [7, 11) is 0. The number of rotatable bonds is 7. The van der Waals surface area contributed by atoms with Gasteiger partial charge < -0.3 is 14.2 Å². The van der Waals surface area contributed by atoms with Gasteiger partial charge in [0.25, 0.3) is 6.47 Å². The highest BCUT2D eigenvalue weighted by atomic mass is 16.6.